The van der Waals surface area contributed by atoms with Crippen LogP contribution in [-0.2, 0) is 15.0 Å². The number of aliphatic carboxylic acids is 1. The predicted molar refractivity (Wildman–Crippen MR) is 75.5 cm³/mol. The Morgan fingerprint density at radius 1 is 1.10 bits per heavy atom. The molecule has 2 rings (SSSR count). The summed E-state index contributed by atoms with van der Waals surface area (Å²) in [7, 11) is -1.89. The number of carboxylic acid groups (broad SMARTS) is 1. The van der Waals surface area contributed by atoms with Gasteiger partial charge in [-0.1, -0.05) is 19.3 Å². The molecule has 6 nitrogen and oxygen atoms in total. The molecule has 116 valence electrons. The Balaban J connectivity index is 2.06. The average molecular weight is 304 g/mol. The smallest absolute Gasteiger partial charge is 0.304 e. The van der Waals surface area contributed by atoms with Crippen LogP contribution >= 0.6 is 0 Å². The van der Waals surface area contributed by atoms with Crippen LogP contribution in [0.1, 0.15) is 51.4 Å². The molecule has 0 spiro atoms. The third-order valence-corrected chi connectivity index (χ3v) is 6.35. The molecule has 7 heteroatoms. The first kappa shape index (κ1) is 15.7. The van der Waals surface area contributed by atoms with Crippen LogP contribution in [0.15, 0.2) is 0 Å². The van der Waals surface area contributed by atoms with Crippen LogP contribution in [0, 0.1) is 0 Å². The fourth-order valence-electron chi connectivity index (χ4n) is 2.85. The summed E-state index contributed by atoms with van der Waals surface area (Å²) >= 11 is 0. The SMILES string of the molecule is CN(C1CCCCC1)S(=O)(=O)N(CCC(=O)O)C1CC1. The van der Waals surface area contributed by atoms with Crippen LogP contribution in [0.3, 0.4) is 0 Å². The van der Waals surface area contributed by atoms with E-state index in [4.69, 9.17) is 5.11 Å². The zero-order chi connectivity index (χ0) is 14.8. The van der Waals surface area contributed by atoms with Crippen molar-refractivity contribution < 1.29 is 18.3 Å². The molecule has 0 aromatic rings. The predicted octanol–water partition coefficient (Wildman–Crippen LogP) is 1.43. The van der Waals surface area contributed by atoms with Gasteiger partial charge in [-0.2, -0.15) is 17.0 Å². The van der Waals surface area contributed by atoms with Crippen molar-refractivity contribution in [3.05, 3.63) is 0 Å². The van der Waals surface area contributed by atoms with Gasteiger partial charge in [0.25, 0.3) is 10.2 Å². The Labute approximate surface area is 120 Å². The zero-order valence-electron chi connectivity index (χ0n) is 12.0. The number of rotatable bonds is 7. The Kier molecular flexibility index (Phi) is 5.04. The van der Waals surface area contributed by atoms with Crippen molar-refractivity contribution in [2.45, 2.75) is 63.5 Å². The molecule has 20 heavy (non-hydrogen) atoms. The Morgan fingerprint density at radius 3 is 2.20 bits per heavy atom. The van der Waals surface area contributed by atoms with Crippen molar-refractivity contribution in [2.75, 3.05) is 13.6 Å². The number of hydrogen-bond acceptors (Lipinski definition) is 3. The molecular weight excluding hydrogens is 280 g/mol. The summed E-state index contributed by atoms with van der Waals surface area (Å²) in [4.78, 5) is 10.7. The van der Waals surface area contributed by atoms with Crippen LogP contribution in [-0.4, -0.2) is 53.8 Å². The standard InChI is InChI=1S/C13H24N2O4S/c1-14(11-5-3-2-4-6-11)20(18,19)15(12-7-8-12)10-9-13(16)17/h11-12H,2-10H2,1H3,(H,16,17). The summed E-state index contributed by atoms with van der Waals surface area (Å²) in [6.45, 7) is 0.0827. The molecule has 0 aromatic carbocycles. The van der Waals surface area contributed by atoms with E-state index < -0.39 is 16.2 Å². The van der Waals surface area contributed by atoms with Gasteiger partial charge in [-0.3, -0.25) is 4.79 Å². The Hall–Kier alpha value is -0.660. The molecule has 0 heterocycles. The highest BCUT2D eigenvalue weighted by molar-refractivity contribution is 7.86. The molecular formula is C13H24N2O4S. The van der Waals surface area contributed by atoms with E-state index in [1.807, 2.05) is 0 Å². The number of carboxylic acids is 1. The van der Waals surface area contributed by atoms with Crippen molar-refractivity contribution in [3.8, 4) is 0 Å². The largest absolute Gasteiger partial charge is 0.481 e. The summed E-state index contributed by atoms with van der Waals surface area (Å²) in [5.74, 6) is -0.953. The molecule has 0 bridgehead atoms. The van der Waals surface area contributed by atoms with Gasteiger partial charge < -0.3 is 5.11 Å². The summed E-state index contributed by atoms with van der Waals surface area (Å²) in [5, 5.41) is 8.78. The summed E-state index contributed by atoms with van der Waals surface area (Å²) in [5.41, 5.74) is 0. The van der Waals surface area contributed by atoms with Gasteiger partial charge in [0.2, 0.25) is 0 Å². The summed E-state index contributed by atoms with van der Waals surface area (Å²) in [6.07, 6.45) is 6.70. The second-order valence-corrected chi connectivity index (χ2v) is 7.74. The van der Waals surface area contributed by atoms with Gasteiger partial charge in [0.05, 0.1) is 6.42 Å². The molecule has 0 saturated heterocycles. The first-order chi connectivity index (χ1) is 9.43. The van der Waals surface area contributed by atoms with Gasteiger partial charge in [0.15, 0.2) is 0 Å². The minimum absolute atomic E-state index is 0.00499. The van der Waals surface area contributed by atoms with Crippen molar-refractivity contribution >= 4 is 16.2 Å². The highest BCUT2D eigenvalue weighted by atomic mass is 32.2. The topological polar surface area (TPSA) is 77.9 Å². The normalized spacial score (nSPS) is 21.6. The first-order valence-corrected chi connectivity index (χ1v) is 8.79. The second kappa shape index (κ2) is 6.41. The van der Waals surface area contributed by atoms with E-state index in [0.717, 1.165) is 38.5 Å². The van der Waals surface area contributed by atoms with Crippen LogP contribution < -0.4 is 0 Å². The molecule has 0 aromatic heterocycles. The van der Waals surface area contributed by atoms with E-state index >= 15 is 0 Å². The maximum absolute atomic E-state index is 12.7. The van der Waals surface area contributed by atoms with Gasteiger partial charge in [-0.05, 0) is 25.7 Å². The van der Waals surface area contributed by atoms with Gasteiger partial charge >= 0.3 is 5.97 Å². The quantitative estimate of drug-likeness (QED) is 0.772. The molecule has 2 saturated carbocycles. The molecule has 2 fully saturated rings. The average Bonchev–Trinajstić information content (AvgIpc) is 3.23. The molecule has 2 aliphatic rings. The van der Waals surface area contributed by atoms with E-state index in [-0.39, 0.29) is 25.0 Å². The number of carbonyl (C=O) groups is 1. The van der Waals surface area contributed by atoms with Crippen molar-refractivity contribution in [2.24, 2.45) is 0 Å². The van der Waals surface area contributed by atoms with Crippen LogP contribution in [0.25, 0.3) is 0 Å². The lowest BCUT2D eigenvalue weighted by Crippen LogP contribution is -2.48. The minimum atomic E-state index is -3.53. The fourth-order valence-corrected chi connectivity index (χ4v) is 4.68. The van der Waals surface area contributed by atoms with E-state index in [9.17, 15) is 13.2 Å². The molecule has 2 aliphatic carbocycles. The number of hydrogen-bond donors (Lipinski definition) is 1. The summed E-state index contributed by atoms with van der Waals surface area (Å²) < 4.78 is 28.2. The van der Waals surface area contributed by atoms with E-state index in [0.29, 0.717) is 0 Å². The lowest BCUT2D eigenvalue weighted by Gasteiger charge is -2.34. The van der Waals surface area contributed by atoms with Crippen molar-refractivity contribution in [1.29, 1.82) is 0 Å². The van der Waals surface area contributed by atoms with Crippen LogP contribution in [0.2, 0.25) is 0 Å². The van der Waals surface area contributed by atoms with Crippen LogP contribution in [0.4, 0.5) is 0 Å². The molecule has 0 aliphatic heterocycles. The van der Waals surface area contributed by atoms with E-state index in [1.165, 1.54) is 15.0 Å². The van der Waals surface area contributed by atoms with Crippen molar-refractivity contribution in [3.63, 3.8) is 0 Å². The molecule has 0 atom stereocenters. The first-order valence-electron chi connectivity index (χ1n) is 7.39. The van der Waals surface area contributed by atoms with Gasteiger partial charge in [0, 0.05) is 25.7 Å². The lowest BCUT2D eigenvalue weighted by molar-refractivity contribution is -0.137. The summed E-state index contributed by atoms with van der Waals surface area (Å²) in [6, 6.07) is 0.0743. The Morgan fingerprint density at radius 2 is 1.70 bits per heavy atom. The van der Waals surface area contributed by atoms with Gasteiger partial charge in [0.1, 0.15) is 0 Å². The Bertz CT molecular complexity index is 441. The third-order valence-electron chi connectivity index (χ3n) is 4.25. The zero-order valence-corrected chi connectivity index (χ0v) is 12.8. The molecule has 0 unspecified atom stereocenters. The van der Waals surface area contributed by atoms with E-state index in [1.54, 1.807) is 7.05 Å². The monoisotopic (exact) mass is 304 g/mol. The molecule has 0 radical (unpaired) electrons. The third kappa shape index (κ3) is 3.71. The van der Waals surface area contributed by atoms with Crippen LogP contribution in [0.5, 0.6) is 0 Å². The highest BCUT2D eigenvalue weighted by Gasteiger charge is 2.41. The highest BCUT2D eigenvalue weighted by Crippen LogP contribution is 2.32. The van der Waals surface area contributed by atoms with Crippen molar-refractivity contribution in [1.82, 2.24) is 8.61 Å². The van der Waals surface area contributed by atoms with Gasteiger partial charge in [-0.25, -0.2) is 0 Å². The molecule has 0 amide bonds. The second-order valence-electron chi connectivity index (χ2n) is 5.80. The number of nitrogens with zero attached hydrogens (tertiary/aromatic N) is 2. The minimum Gasteiger partial charge on any atom is -0.481 e. The van der Waals surface area contributed by atoms with Gasteiger partial charge in [-0.15, -0.1) is 0 Å². The fraction of sp³-hybridized carbons (Fsp3) is 0.923. The maximum atomic E-state index is 12.7. The molecule has 1 N–H and O–H groups in total. The van der Waals surface area contributed by atoms with E-state index in [2.05, 4.69) is 0 Å². The maximum Gasteiger partial charge on any atom is 0.304 e. The lowest BCUT2D eigenvalue weighted by atomic mass is 9.96.